The van der Waals surface area contributed by atoms with Gasteiger partial charge in [-0.1, -0.05) is 170 Å². The Morgan fingerprint density at radius 1 is 0.295 bits per heavy atom. The van der Waals surface area contributed by atoms with Gasteiger partial charge in [0.1, 0.15) is 22.3 Å². The number of rotatable bonds is 6. The van der Waals surface area contributed by atoms with Gasteiger partial charge in [0.25, 0.3) is 0 Å². The highest BCUT2D eigenvalue weighted by molar-refractivity contribution is 6.30. The molecule has 0 atom stereocenters. The summed E-state index contributed by atoms with van der Waals surface area (Å²) >= 11 is 0. The molecule has 0 fully saturated rings. The molecule has 2 aliphatic carbocycles. The van der Waals surface area contributed by atoms with Crippen LogP contribution < -0.4 is 9.80 Å². The van der Waals surface area contributed by atoms with E-state index in [0.29, 0.717) is 0 Å². The molecule has 0 bridgehead atoms. The van der Waals surface area contributed by atoms with E-state index in [-0.39, 0.29) is 0 Å². The quantitative estimate of drug-likeness (QED) is 0.166. The van der Waals surface area contributed by atoms with Gasteiger partial charge in [0.05, 0.1) is 27.7 Å². The molecule has 0 unspecified atom stereocenters. The zero-order valence-corrected chi connectivity index (χ0v) is 42.0. The molecular formula is C73H43N3O2. The fourth-order valence-electron chi connectivity index (χ4n) is 14.2. The van der Waals surface area contributed by atoms with Crippen LogP contribution in [0.1, 0.15) is 22.3 Å². The molecule has 0 saturated heterocycles. The summed E-state index contributed by atoms with van der Waals surface area (Å²) in [4.78, 5) is 4.80. The number of benzene rings is 12. The molecule has 5 nitrogen and oxygen atoms in total. The van der Waals surface area contributed by atoms with Gasteiger partial charge in [0.2, 0.25) is 0 Å². The van der Waals surface area contributed by atoms with Crippen molar-refractivity contribution in [1.29, 1.82) is 0 Å². The van der Waals surface area contributed by atoms with E-state index in [4.69, 9.17) is 8.83 Å². The Balaban J connectivity index is 0.969. The lowest BCUT2D eigenvalue weighted by molar-refractivity contribution is 0.668. The van der Waals surface area contributed by atoms with Crippen molar-refractivity contribution in [3.63, 3.8) is 0 Å². The van der Waals surface area contributed by atoms with Gasteiger partial charge in [-0.05, 0) is 118 Å². The van der Waals surface area contributed by atoms with Gasteiger partial charge in [-0.25, -0.2) is 0 Å². The number of furan rings is 2. The molecular weight excluding hydrogens is 951 g/mol. The number of fused-ring (bicyclic) bond motifs is 23. The third-order valence-corrected chi connectivity index (χ3v) is 17.3. The van der Waals surface area contributed by atoms with E-state index < -0.39 is 5.41 Å². The SMILES string of the molecule is c1ccc(N(c2ccc3c(c2)oc2ccccc23)c2ccc3c4ccc(N(c5ccccc5)c5ccc6c(c5)oc5ccccc56)c5c6ccc7c(c6n(c3c2)c45)-c2ccccc2C72c3ccccc3-c3ccccc32)cc1. The van der Waals surface area contributed by atoms with Gasteiger partial charge in [-0.3, -0.25) is 0 Å². The second-order valence-corrected chi connectivity index (χ2v) is 21.1. The highest BCUT2D eigenvalue weighted by Gasteiger charge is 2.52. The number of para-hydroxylation sites is 4. The van der Waals surface area contributed by atoms with Crippen LogP contribution in [-0.2, 0) is 5.41 Å². The lowest BCUT2D eigenvalue weighted by atomic mass is 9.70. The molecule has 362 valence electrons. The summed E-state index contributed by atoms with van der Waals surface area (Å²) in [6.45, 7) is 0. The zero-order chi connectivity index (χ0) is 50.8. The summed E-state index contributed by atoms with van der Waals surface area (Å²) in [6.07, 6.45) is 0. The molecule has 4 aromatic heterocycles. The number of hydrogen-bond acceptors (Lipinski definition) is 4. The third kappa shape index (κ3) is 5.39. The summed E-state index contributed by atoms with van der Waals surface area (Å²) in [7, 11) is 0. The van der Waals surface area contributed by atoms with Crippen molar-refractivity contribution in [3.05, 3.63) is 283 Å². The summed E-state index contributed by atoms with van der Waals surface area (Å²) in [5, 5.41) is 9.22. The van der Waals surface area contributed by atoms with Gasteiger partial charge in [-0.15, -0.1) is 0 Å². The second-order valence-electron chi connectivity index (χ2n) is 21.1. The van der Waals surface area contributed by atoms with Crippen molar-refractivity contribution in [3.8, 4) is 22.3 Å². The minimum Gasteiger partial charge on any atom is -0.456 e. The van der Waals surface area contributed by atoms with E-state index in [2.05, 4.69) is 263 Å². The Morgan fingerprint density at radius 3 is 1.38 bits per heavy atom. The maximum atomic E-state index is 6.62. The Kier molecular flexibility index (Phi) is 8.27. The smallest absolute Gasteiger partial charge is 0.137 e. The van der Waals surface area contributed by atoms with Crippen LogP contribution in [-0.4, -0.2) is 4.40 Å². The van der Waals surface area contributed by atoms with Crippen LogP contribution in [0.2, 0.25) is 0 Å². The molecule has 16 aromatic rings. The zero-order valence-electron chi connectivity index (χ0n) is 42.0. The van der Waals surface area contributed by atoms with Crippen molar-refractivity contribution in [2.24, 2.45) is 0 Å². The second kappa shape index (κ2) is 15.4. The Labute approximate surface area is 447 Å². The minimum absolute atomic E-state index is 0.517. The third-order valence-electron chi connectivity index (χ3n) is 17.3. The molecule has 0 N–H and O–H groups in total. The highest BCUT2D eigenvalue weighted by atomic mass is 16.3. The molecule has 1 spiro atoms. The van der Waals surface area contributed by atoms with Crippen molar-refractivity contribution < 1.29 is 8.83 Å². The summed E-state index contributed by atoms with van der Waals surface area (Å²) < 4.78 is 15.8. The standard InChI is InChI=1S/C73H43N3O2/c1-3-17-44(18-4-1)74(47-32-35-54-52-23-10-15-29-65(52)77-67(54)42-47)46-31-34-51-56-38-40-63(75(45-19-5-2-6-20-45)48-33-36-55-53-24-11-16-30-66(53)78-68(55)43-48)70-58-37-39-62-69(72(58)76(71(56)70)64(51)41-46)57-25-9-14-28-61(57)73(62)59-26-12-7-21-49(59)50-22-8-13-27-60(50)73/h1-43H. The molecule has 2 aliphatic rings. The molecule has 0 amide bonds. The first kappa shape index (κ1) is 41.9. The van der Waals surface area contributed by atoms with E-state index in [9.17, 15) is 0 Å². The van der Waals surface area contributed by atoms with Gasteiger partial charge in [0.15, 0.2) is 0 Å². The average Bonchev–Trinajstić information content (AvgIpc) is 4.06. The predicted molar refractivity (Wildman–Crippen MR) is 321 cm³/mol. The Bertz CT molecular complexity index is 5130. The lowest BCUT2D eigenvalue weighted by Crippen LogP contribution is -2.25. The normalized spacial score (nSPS) is 13.2. The van der Waals surface area contributed by atoms with Crippen LogP contribution >= 0.6 is 0 Å². The number of anilines is 6. The van der Waals surface area contributed by atoms with Crippen molar-refractivity contribution in [2.75, 3.05) is 9.80 Å². The first-order valence-corrected chi connectivity index (χ1v) is 26.8. The van der Waals surface area contributed by atoms with Crippen molar-refractivity contribution >= 4 is 116 Å². The van der Waals surface area contributed by atoms with Crippen LogP contribution in [0.3, 0.4) is 0 Å². The van der Waals surface area contributed by atoms with Crippen LogP contribution in [0.25, 0.3) is 104 Å². The van der Waals surface area contributed by atoms with Gasteiger partial charge in [-0.2, -0.15) is 0 Å². The van der Waals surface area contributed by atoms with Gasteiger partial charge < -0.3 is 23.0 Å². The van der Waals surface area contributed by atoms with E-state index in [1.807, 2.05) is 12.1 Å². The predicted octanol–water partition coefficient (Wildman–Crippen LogP) is 19.9. The molecule has 18 rings (SSSR count). The maximum Gasteiger partial charge on any atom is 0.137 e. The average molecular weight is 994 g/mol. The van der Waals surface area contributed by atoms with Crippen LogP contribution in [0.15, 0.2) is 270 Å². The maximum absolute atomic E-state index is 6.62. The number of hydrogen-bond donors (Lipinski definition) is 0. The number of aromatic nitrogens is 1. The Morgan fingerprint density at radius 2 is 0.756 bits per heavy atom. The molecule has 4 heterocycles. The summed E-state index contributed by atoms with van der Waals surface area (Å²) in [6, 6.07) is 95.6. The van der Waals surface area contributed by atoms with Gasteiger partial charge >= 0.3 is 0 Å². The van der Waals surface area contributed by atoms with E-state index >= 15 is 0 Å². The molecule has 78 heavy (non-hydrogen) atoms. The molecule has 0 aliphatic heterocycles. The minimum atomic E-state index is -0.517. The summed E-state index contributed by atoms with van der Waals surface area (Å²) in [5.41, 5.74) is 23.2. The van der Waals surface area contributed by atoms with Crippen molar-refractivity contribution in [1.82, 2.24) is 4.40 Å². The van der Waals surface area contributed by atoms with E-state index in [1.165, 1.54) is 77.1 Å². The fraction of sp³-hybridized carbons (Fsp3) is 0.0137. The monoisotopic (exact) mass is 993 g/mol. The molecule has 5 heteroatoms. The van der Waals surface area contributed by atoms with E-state index in [1.54, 1.807) is 0 Å². The highest BCUT2D eigenvalue weighted by Crippen LogP contribution is 2.65. The molecule has 12 aromatic carbocycles. The van der Waals surface area contributed by atoms with Crippen LogP contribution in [0.5, 0.6) is 0 Å². The van der Waals surface area contributed by atoms with Gasteiger partial charge in [0, 0.05) is 89.2 Å². The first-order chi connectivity index (χ1) is 38.7. The van der Waals surface area contributed by atoms with Crippen LogP contribution in [0.4, 0.5) is 34.1 Å². The topological polar surface area (TPSA) is 37.2 Å². The number of nitrogens with zero attached hydrogens (tertiary/aromatic N) is 3. The lowest BCUT2D eigenvalue weighted by Gasteiger charge is -2.30. The molecule has 0 radical (unpaired) electrons. The van der Waals surface area contributed by atoms with E-state index in [0.717, 1.165) is 83.5 Å². The summed E-state index contributed by atoms with van der Waals surface area (Å²) in [5.74, 6) is 0. The van der Waals surface area contributed by atoms with Crippen LogP contribution in [0, 0.1) is 0 Å². The van der Waals surface area contributed by atoms with Crippen molar-refractivity contribution in [2.45, 2.75) is 5.41 Å². The first-order valence-electron chi connectivity index (χ1n) is 26.8. The largest absolute Gasteiger partial charge is 0.456 e. The Hall–Kier alpha value is -10.4. The molecule has 0 saturated carbocycles. The fourth-order valence-corrected chi connectivity index (χ4v) is 14.2.